The second kappa shape index (κ2) is 6.79. The molecule has 1 atom stereocenters. The van der Waals surface area contributed by atoms with E-state index < -0.39 is 5.60 Å². The van der Waals surface area contributed by atoms with Crippen molar-refractivity contribution in [2.75, 3.05) is 0 Å². The van der Waals surface area contributed by atoms with Crippen molar-refractivity contribution in [1.29, 1.82) is 0 Å². The molecule has 0 saturated heterocycles. The number of fused-ring (bicyclic) bond motifs is 5. The van der Waals surface area contributed by atoms with Gasteiger partial charge in [0.25, 0.3) is 5.69 Å². The third kappa shape index (κ3) is 3.42. The maximum Gasteiger partial charge on any atom is 0.309 e. The van der Waals surface area contributed by atoms with Gasteiger partial charge in [0.15, 0.2) is 0 Å². The Hall–Kier alpha value is -2.95. The molecule has 0 saturated carbocycles. The van der Waals surface area contributed by atoms with Crippen molar-refractivity contribution in [3.63, 3.8) is 0 Å². The fraction of sp³-hybridized carbons (Fsp3) is 0.400. The molecule has 0 spiro atoms. The molecule has 0 amide bonds. The Kier molecular flexibility index (Phi) is 4.60. The van der Waals surface area contributed by atoms with E-state index in [4.69, 9.17) is 4.74 Å². The predicted octanol–water partition coefficient (Wildman–Crippen LogP) is 6.08. The molecule has 3 aromatic carbocycles. The van der Waals surface area contributed by atoms with E-state index in [1.165, 1.54) is 5.56 Å². The van der Waals surface area contributed by atoms with Gasteiger partial charge < -0.3 is 4.74 Å². The molecule has 1 unspecified atom stereocenters. The summed E-state index contributed by atoms with van der Waals surface area (Å²) in [7, 11) is 0. The molecule has 4 rings (SSSR count). The van der Waals surface area contributed by atoms with Crippen LogP contribution in [0.5, 0.6) is 0 Å². The first-order valence-corrected chi connectivity index (χ1v) is 10.3. The minimum Gasteiger partial charge on any atom is -0.460 e. The molecular formula is C25H27NO4. The van der Waals surface area contributed by atoms with E-state index in [0.29, 0.717) is 18.2 Å². The van der Waals surface area contributed by atoms with E-state index in [2.05, 4.69) is 19.9 Å². The van der Waals surface area contributed by atoms with Crippen LogP contribution in [0.25, 0.3) is 21.5 Å². The Morgan fingerprint density at radius 1 is 1.03 bits per heavy atom. The quantitative estimate of drug-likeness (QED) is 0.224. The summed E-state index contributed by atoms with van der Waals surface area (Å²) in [5.74, 6) is -0.318. The van der Waals surface area contributed by atoms with E-state index in [-0.39, 0.29) is 27.9 Å². The highest BCUT2D eigenvalue weighted by Crippen LogP contribution is 2.45. The van der Waals surface area contributed by atoms with Gasteiger partial charge in [0, 0.05) is 6.07 Å². The van der Waals surface area contributed by atoms with Crippen LogP contribution in [0, 0.1) is 16.0 Å². The lowest BCUT2D eigenvalue weighted by Crippen LogP contribution is -2.37. The van der Waals surface area contributed by atoms with Gasteiger partial charge in [-0.05, 0) is 72.4 Å². The van der Waals surface area contributed by atoms with Crippen LogP contribution in [-0.2, 0) is 21.4 Å². The van der Waals surface area contributed by atoms with Crippen LogP contribution in [0.2, 0.25) is 0 Å². The average molecular weight is 405 g/mol. The molecule has 0 aliphatic heterocycles. The first-order valence-electron chi connectivity index (χ1n) is 10.3. The molecule has 30 heavy (non-hydrogen) atoms. The van der Waals surface area contributed by atoms with Crippen LogP contribution < -0.4 is 0 Å². The Balaban J connectivity index is 1.86. The van der Waals surface area contributed by atoms with Crippen molar-refractivity contribution in [2.45, 2.75) is 58.5 Å². The van der Waals surface area contributed by atoms with Crippen LogP contribution in [-0.4, -0.2) is 16.5 Å². The summed E-state index contributed by atoms with van der Waals surface area (Å²) in [6, 6.07) is 13.2. The molecule has 5 heteroatoms. The van der Waals surface area contributed by atoms with E-state index >= 15 is 0 Å². The largest absolute Gasteiger partial charge is 0.460 e. The molecule has 1 aliphatic rings. The maximum atomic E-state index is 12.8. The topological polar surface area (TPSA) is 69.4 Å². The number of benzene rings is 3. The van der Waals surface area contributed by atoms with Gasteiger partial charge in [-0.1, -0.05) is 44.2 Å². The number of carbonyl (C=O) groups excluding carboxylic acids is 1. The number of nitrogens with zero attached hydrogens (tertiary/aromatic N) is 1. The number of esters is 1. The number of rotatable bonds is 2. The molecule has 0 fully saturated rings. The smallest absolute Gasteiger partial charge is 0.309 e. The highest BCUT2D eigenvalue weighted by atomic mass is 16.6. The fourth-order valence-corrected chi connectivity index (χ4v) is 4.94. The number of hydrogen-bond acceptors (Lipinski definition) is 4. The number of non-ortho nitro benzene ring substituents is 1. The van der Waals surface area contributed by atoms with Crippen LogP contribution in [0.1, 0.15) is 52.2 Å². The van der Waals surface area contributed by atoms with E-state index in [9.17, 15) is 14.9 Å². The lowest BCUT2D eigenvalue weighted by molar-refractivity contribution is -0.383. The third-order valence-corrected chi connectivity index (χ3v) is 5.96. The van der Waals surface area contributed by atoms with Crippen molar-refractivity contribution in [3.05, 3.63) is 63.7 Å². The van der Waals surface area contributed by atoms with Crippen molar-refractivity contribution in [2.24, 2.45) is 5.92 Å². The highest BCUT2D eigenvalue weighted by Gasteiger charge is 2.39. The van der Waals surface area contributed by atoms with Gasteiger partial charge in [-0.15, -0.1) is 0 Å². The summed E-state index contributed by atoms with van der Waals surface area (Å²) in [6.07, 6.45) is 1.36. The summed E-state index contributed by atoms with van der Waals surface area (Å²) in [5.41, 5.74) is 1.78. The van der Waals surface area contributed by atoms with Gasteiger partial charge >= 0.3 is 5.97 Å². The zero-order chi connectivity index (χ0) is 21.8. The van der Waals surface area contributed by atoms with Crippen molar-refractivity contribution < 1.29 is 14.5 Å². The molecule has 156 valence electrons. The lowest BCUT2D eigenvalue weighted by Gasteiger charge is -2.38. The Labute approximate surface area is 176 Å². The molecule has 0 bridgehead atoms. The fourth-order valence-electron chi connectivity index (χ4n) is 4.94. The summed E-state index contributed by atoms with van der Waals surface area (Å²) in [5, 5.41) is 15.1. The van der Waals surface area contributed by atoms with Crippen LogP contribution >= 0.6 is 0 Å². The summed E-state index contributed by atoms with van der Waals surface area (Å²) in [6.45, 7) is 10.0. The predicted molar refractivity (Wildman–Crippen MR) is 119 cm³/mol. The SMILES string of the molecule is CC(C)(C)OC(=O)C1Cc2ccc3c(ccc4c([N+](=O)[O-])cccc43)c2C(C)(C)C1. The van der Waals surface area contributed by atoms with Gasteiger partial charge in [-0.25, -0.2) is 0 Å². The number of hydrogen-bond donors (Lipinski definition) is 0. The van der Waals surface area contributed by atoms with Crippen LogP contribution in [0.4, 0.5) is 5.69 Å². The number of nitro groups is 1. The van der Waals surface area contributed by atoms with Crippen molar-refractivity contribution >= 4 is 33.2 Å². The number of nitro benzene ring substituents is 1. The first-order chi connectivity index (χ1) is 14.0. The van der Waals surface area contributed by atoms with E-state index in [0.717, 1.165) is 21.7 Å². The zero-order valence-corrected chi connectivity index (χ0v) is 18.1. The van der Waals surface area contributed by atoms with Crippen LogP contribution in [0.15, 0.2) is 42.5 Å². The molecular weight excluding hydrogens is 378 g/mol. The van der Waals surface area contributed by atoms with Gasteiger partial charge in [0.05, 0.1) is 16.2 Å². The summed E-state index contributed by atoms with van der Waals surface area (Å²) >= 11 is 0. The van der Waals surface area contributed by atoms with E-state index in [1.807, 2.05) is 45.0 Å². The molecule has 0 aromatic heterocycles. The van der Waals surface area contributed by atoms with Gasteiger partial charge in [-0.2, -0.15) is 0 Å². The molecule has 0 N–H and O–H groups in total. The zero-order valence-electron chi connectivity index (χ0n) is 18.1. The Bertz CT molecular complexity index is 1190. The normalized spacial score (nSPS) is 18.2. The van der Waals surface area contributed by atoms with Gasteiger partial charge in [-0.3, -0.25) is 14.9 Å². The van der Waals surface area contributed by atoms with Crippen LogP contribution in [0.3, 0.4) is 0 Å². The monoisotopic (exact) mass is 405 g/mol. The number of carbonyl (C=O) groups is 1. The maximum absolute atomic E-state index is 12.8. The highest BCUT2D eigenvalue weighted by molar-refractivity contribution is 6.11. The third-order valence-electron chi connectivity index (χ3n) is 5.96. The summed E-state index contributed by atoms with van der Waals surface area (Å²) < 4.78 is 5.66. The molecule has 0 radical (unpaired) electrons. The lowest BCUT2D eigenvalue weighted by atomic mass is 9.67. The molecule has 0 heterocycles. The Morgan fingerprint density at radius 3 is 2.33 bits per heavy atom. The molecule has 1 aliphatic carbocycles. The Morgan fingerprint density at radius 2 is 1.67 bits per heavy atom. The summed E-state index contributed by atoms with van der Waals surface area (Å²) in [4.78, 5) is 23.9. The first kappa shape index (κ1) is 20.3. The minimum absolute atomic E-state index is 0.122. The van der Waals surface area contributed by atoms with Crippen molar-refractivity contribution in [1.82, 2.24) is 0 Å². The average Bonchev–Trinajstić information content (AvgIpc) is 2.64. The van der Waals surface area contributed by atoms with Crippen molar-refractivity contribution in [3.8, 4) is 0 Å². The standard InChI is InChI=1S/C25H27NO4/c1-24(2,3)30-23(27)16-13-15-9-10-18-17-7-6-8-21(26(28)29)19(17)11-12-20(18)22(15)25(4,5)14-16/h6-12,16H,13-14H2,1-5H3. The second-order valence-electron chi connectivity index (χ2n) is 9.91. The van der Waals surface area contributed by atoms with Gasteiger partial charge in [0.1, 0.15) is 5.60 Å². The molecule has 5 nitrogen and oxygen atoms in total. The minimum atomic E-state index is -0.501. The molecule has 3 aromatic rings. The van der Waals surface area contributed by atoms with E-state index in [1.54, 1.807) is 12.1 Å². The van der Waals surface area contributed by atoms with Gasteiger partial charge in [0.2, 0.25) is 0 Å². The second-order valence-corrected chi connectivity index (χ2v) is 9.91. The number of ether oxygens (including phenoxy) is 1.